The van der Waals surface area contributed by atoms with E-state index in [2.05, 4.69) is 5.10 Å². The Balaban J connectivity index is 2.07. The van der Waals surface area contributed by atoms with Crippen LogP contribution in [0.25, 0.3) is 0 Å². The van der Waals surface area contributed by atoms with Gasteiger partial charge in [-0.3, -0.25) is 0 Å². The highest BCUT2D eigenvalue weighted by atomic mass is 32.2. The number of aromatic hydroxyl groups is 1. The molecule has 23 heavy (non-hydrogen) atoms. The summed E-state index contributed by atoms with van der Waals surface area (Å²) in [6.45, 7) is 1.97. The van der Waals surface area contributed by atoms with Crippen molar-refractivity contribution in [3.8, 4) is 5.75 Å². The fourth-order valence-electron chi connectivity index (χ4n) is 2.85. The second-order valence-corrected chi connectivity index (χ2v) is 7.52. The van der Waals surface area contributed by atoms with Crippen LogP contribution < -0.4 is 0 Å². The predicted molar refractivity (Wildman–Crippen MR) is 89.9 cm³/mol. The molecule has 0 spiro atoms. The third-order valence-corrected chi connectivity index (χ3v) is 4.98. The van der Waals surface area contributed by atoms with Gasteiger partial charge in [0.2, 0.25) is 10.0 Å². The van der Waals surface area contributed by atoms with Crippen molar-refractivity contribution in [3.63, 3.8) is 0 Å². The molecule has 0 amide bonds. The molecule has 1 N–H and O–H groups in total. The van der Waals surface area contributed by atoms with Crippen LogP contribution in [0.5, 0.6) is 5.75 Å². The second-order valence-electron chi connectivity index (χ2n) is 5.68. The molecule has 1 heterocycles. The number of nitrogens with zero attached hydrogens (tertiary/aromatic N) is 2. The highest BCUT2D eigenvalue weighted by Gasteiger charge is 2.36. The standard InChI is InChI=1S/C17H18N2O3S/c1-12-7-3-4-8-13(12)15-11-16(19(18-15)23(2,21)22)14-9-5-6-10-17(14)20/h3-10,16,20H,11H2,1-2H3. The van der Waals surface area contributed by atoms with E-state index in [1.165, 1.54) is 0 Å². The summed E-state index contributed by atoms with van der Waals surface area (Å²) in [6, 6.07) is 14.0. The van der Waals surface area contributed by atoms with Crippen molar-refractivity contribution in [1.29, 1.82) is 0 Å². The van der Waals surface area contributed by atoms with E-state index in [0.717, 1.165) is 21.8 Å². The Morgan fingerprint density at radius 3 is 2.43 bits per heavy atom. The van der Waals surface area contributed by atoms with Gasteiger partial charge in [-0.1, -0.05) is 42.5 Å². The van der Waals surface area contributed by atoms with Gasteiger partial charge in [0, 0.05) is 17.5 Å². The van der Waals surface area contributed by atoms with Crippen LogP contribution in [0.3, 0.4) is 0 Å². The normalized spacial score (nSPS) is 18.1. The summed E-state index contributed by atoms with van der Waals surface area (Å²) >= 11 is 0. The summed E-state index contributed by atoms with van der Waals surface area (Å²) in [6.07, 6.45) is 1.56. The Morgan fingerprint density at radius 2 is 1.78 bits per heavy atom. The number of sulfonamides is 1. The molecular weight excluding hydrogens is 312 g/mol. The zero-order valence-corrected chi connectivity index (χ0v) is 13.8. The SMILES string of the molecule is Cc1ccccc1C1=NN(S(C)(=O)=O)C(c2ccccc2O)C1. The molecule has 0 radical (unpaired) electrons. The first-order chi connectivity index (χ1) is 10.9. The fourth-order valence-corrected chi connectivity index (χ4v) is 3.75. The fraction of sp³-hybridized carbons (Fsp3) is 0.235. The smallest absolute Gasteiger partial charge is 0.247 e. The Morgan fingerprint density at radius 1 is 1.13 bits per heavy atom. The quantitative estimate of drug-likeness (QED) is 0.941. The van der Waals surface area contributed by atoms with E-state index in [0.29, 0.717) is 17.7 Å². The average Bonchev–Trinajstić information content (AvgIpc) is 2.93. The van der Waals surface area contributed by atoms with Crippen molar-refractivity contribution >= 4 is 15.7 Å². The molecule has 6 heteroatoms. The number of benzene rings is 2. The number of phenolic OH excluding ortho intramolecular Hbond substituents is 1. The predicted octanol–water partition coefficient (Wildman–Crippen LogP) is 2.81. The lowest BCUT2D eigenvalue weighted by Gasteiger charge is -2.22. The van der Waals surface area contributed by atoms with Gasteiger partial charge in [-0.2, -0.15) is 9.52 Å². The van der Waals surface area contributed by atoms with Crippen molar-refractivity contribution in [3.05, 3.63) is 65.2 Å². The lowest BCUT2D eigenvalue weighted by molar-refractivity contribution is 0.361. The Kier molecular flexibility index (Phi) is 3.85. The number of para-hydroxylation sites is 1. The second kappa shape index (κ2) is 5.70. The maximum Gasteiger partial charge on any atom is 0.247 e. The van der Waals surface area contributed by atoms with Gasteiger partial charge in [-0.05, 0) is 18.6 Å². The summed E-state index contributed by atoms with van der Waals surface area (Å²) in [5, 5.41) is 14.4. The Labute approximate surface area is 135 Å². The first-order valence-corrected chi connectivity index (χ1v) is 9.13. The minimum atomic E-state index is -3.54. The van der Waals surface area contributed by atoms with Crippen molar-refractivity contribution < 1.29 is 13.5 Å². The van der Waals surface area contributed by atoms with Gasteiger partial charge < -0.3 is 5.11 Å². The van der Waals surface area contributed by atoms with E-state index in [9.17, 15) is 13.5 Å². The largest absolute Gasteiger partial charge is 0.508 e. The molecule has 1 atom stereocenters. The third-order valence-electron chi connectivity index (χ3n) is 3.96. The van der Waals surface area contributed by atoms with E-state index >= 15 is 0 Å². The van der Waals surface area contributed by atoms with Gasteiger partial charge in [0.15, 0.2) is 0 Å². The molecule has 120 valence electrons. The summed E-state index contributed by atoms with van der Waals surface area (Å²) < 4.78 is 25.4. The van der Waals surface area contributed by atoms with Crippen molar-refractivity contribution in [1.82, 2.24) is 4.41 Å². The molecule has 1 aliphatic rings. The molecular formula is C17H18N2O3S. The zero-order chi connectivity index (χ0) is 16.6. The summed E-state index contributed by atoms with van der Waals surface area (Å²) in [4.78, 5) is 0. The lowest BCUT2D eigenvalue weighted by atomic mass is 9.96. The summed E-state index contributed by atoms with van der Waals surface area (Å²) in [5.74, 6) is 0.0763. The molecule has 0 aliphatic carbocycles. The van der Waals surface area contributed by atoms with Crippen molar-refractivity contribution in [2.24, 2.45) is 5.10 Å². The van der Waals surface area contributed by atoms with Gasteiger partial charge in [0.05, 0.1) is 18.0 Å². The van der Waals surface area contributed by atoms with Gasteiger partial charge in [-0.15, -0.1) is 0 Å². The Bertz CT molecular complexity index is 875. The number of hydrazone groups is 1. The monoisotopic (exact) mass is 330 g/mol. The van der Waals surface area contributed by atoms with Crippen LogP contribution in [0.15, 0.2) is 53.6 Å². The summed E-state index contributed by atoms with van der Waals surface area (Å²) in [7, 11) is -3.54. The molecule has 0 aromatic heterocycles. The van der Waals surface area contributed by atoms with E-state index in [1.807, 2.05) is 31.2 Å². The number of aryl methyl sites for hydroxylation is 1. The van der Waals surface area contributed by atoms with Gasteiger partial charge in [-0.25, -0.2) is 8.42 Å². The molecule has 2 aromatic carbocycles. The highest BCUT2D eigenvalue weighted by Crippen LogP contribution is 2.38. The van der Waals surface area contributed by atoms with Crippen LogP contribution in [-0.2, 0) is 10.0 Å². The topological polar surface area (TPSA) is 70.0 Å². The van der Waals surface area contributed by atoms with Gasteiger partial charge in [0.25, 0.3) is 0 Å². The maximum absolute atomic E-state index is 12.1. The third kappa shape index (κ3) is 2.94. The van der Waals surface area contributed by atoms with E-state index in [1.54, 1.807) is 24.3 Å². The van der Waals surface area contributed by atoms with Crippen LogP contribution >= 0.6 is 0 Å². The molecule has 1 unspecified atom stereocenters. The molecule has 2 aromatic rings. The lowest BCUT2D eigenvalue weighted by Crippen LogP contribution is -2.25. The summed E-state index contributed by atoms with van der Waals surface area (Å²) in [5.41, 5.74) is 3.24. The van der Waals surface area contributed by atoms with Crippen LogP contribution in [0.1, 0.15) is 29.2 Å². The minimum absolute atomic E-state index is 0.0763. The molecule has 1 aliphatic heterocycles. The Hall–Kier alpha value is -2.34. The molecule has 0 bridgehead atoms. The maximum atomic E-state index is 12.1. The average molecular weight is 330 g/mol. The minimum Gasteiger partial charge on any atom is -0.508 e. The van der Waals surface area contributed by atoms with Crippen LogP contribution in [0.2, 0.25) is 0 Å². The number of rotatable bonds is 3. The molecule has 0 saturated carbocycles. The van der Waals surface area contributed by atoms with Crippen molar-refractivity contribution in [2.45, 2.75) is 19.4 Å². The molecule has 0 saturated heterocycles. The van der Waals surface area contributed by atoms with Crippen molar-refractivity contribution in [2.75, 3.05) is 6.26 Å². The van der Waals surface area contributed by atoms with E-state index < -0.39 is 16.1 Å². The molecule has 5 nitrogen and oxygen atoms in total. The van der Waals surface area contributed by atoms with Crippen LogP contribution in [0.4, 0.5) is 0 Å². The number of phenols is 1. The zero-order valence-electron chi connectivity index (χ0n) is 13.0. The first-order valence-electron chi connectivity index (χ1n) is 7.28. The number of hydrogen-bond acceptors (Lipinski definition) is 4. The van der Waals surface area contributed by atoms with Crippen LogP contribution in [-0.4, -0.2) is 29.9 Å². The molecule has 3 rings (SSSR count). The van der Waals surface area contributed by atoms with Gasteiger partial charge >= 0.3 is 0 Å². The molecule has 0 fully saturated rings. The number of hydrogen-bond donors (Lipinski definition) is 1. The van der Waals surface area contributed by atoms with E-state index in [-0.39, 0.29) is 5.75 Å². The van der Waals surface area contributed by atoms with Gasteiger partial charge in [0.1, 0.15) is 5.75 Å². The van der Waals surface area contributed by atoms with Crippen LogP contribution in [0, 0.1) is 6.92 Å². The highest BCUT2D eigenvalue weighted by molar-refractivity contribution is 7.88. The van der Waals surface area contributed by atoms with E-state index in [4.69, 9.17) is 0 Å². The first kappa shape index (κ1) is 15.6.